The number of aromatic nitrogens is 3. The molecule has 6 nitrogen and oxygen atoms in total. The van der Waals surface area contributed by atoms with Gasteiger partial charge in [0.2, 0.25) is 0 Å². The molecule has 4 rings (SSSR count). The van der Waals surface area contributed by atoms with Gasteiger partial charge in [0.1, 0.15) is 0 Å². The summed E-state index contributed by atoms with van der Waals surface area (Å²) in [5.74, 6) is -0.219. The summed E-state index contributed by atoms with van der Waals surface area (Å²) >= 11 is 17.4. The molecule has 1 amide bonds. The number of halogens is 2. The fourth-order valence-corrected chi connectivity index (χ4v) is 3.88. The third kappa shape index (κ3) is 4.60. The number of carbonyl (C=O) groups excluding carboxylic acids is 1. The second-order valence-electron chi connectivity index (χ2n) is 7.29. The maximum absolute atomic E-state index is 13.5. The minimum absolute atomic E-state index is 0.219. The molecule has 162 valence electrons. The van der Waals surface area contributed by atoms with Gasteiger partial charge in [-0.05, 0) is 60.2 Å². The van der Waals surface area contributed by atoms with Gasteiger partial charge >= 0.3 is 0 Å². The van der Waals surface area contributed by atoms with Crippen LogP contribution in [0.4, 0.5) is 0 Å². The maximum Gasteiger partial charge on any atom is 0.261 e. The molecule has 2 aromatic carbocycles. The molecule has 2 heterocycles. The van der Waals surface area contributed by atoms with E-state index in [1.54, 1.807) is 48.5 Å². The van der Waals surface area contributed by atoms with E-state index in [0.29, 0.717) is 39.6 Å². The standard InChI is InChI=1S/C23H18Cl2N4O2S/c1-28-22(31)17-7-6-15(11-20(17)27-23(28)32)21(30)29(13-16-4-2-3-9-26-16)12-14-5-8-18(24)19(25)10-14/h2-11H,12-13H2,1H3,(H,27,32). The van der Waals surface area contributed by atoms with Crippen molar-refractivity contribution in [3.05, 3.63) is 103 Å². The molecule has 0 bridgehead atoms. The SMILES string of the molecule is Cn1c(=S)[nH]c2cc(C(=O)N(Cc3ccc(Cl)c(Cl)c3)Cc3ccccn3)ccc2c1=O. The van der Waals surface area contributed by atoms with E-state index < -0.39 is 0 Å². The normalized spacial score (nSPS) is 11.0. The van der Waals surface area contributed by atoms with Gasteiger partial charge in [0.15, 0.2) is 4.77 Å². The summed E-state index contributed by atoms with van der Waals surface area (Å²) in [7, 11) is 1.60. The first-order valence-electron chi connectivity index (χ1n) is 9.69. The highest BCUT2D eigenvalue weighted by atomic mass is 35.5. The third-order valence-electron chi connectivity index (χ3n) is 5.07. The lowest BCUT2D eigenvalue weighted by molar-refractivity contribution is 0.0728. The Morgan fingerprint density at radius 3 is 2.62 bits per heavy atom. The van der Waals surface area contributed by atoms with Crippen molar-refractivity contribution in [2.24, 2.45) is 7.05 Å². The summed E-state index contributed by atoms with van der Waals surface area (Å²) in [4.78, 5) is 35.0. The first-order chi connectivity index (χ1) is 15.3. The lowest BCUT2D eigenvalue weighted by Gasteiger charge is -2.23. The van der Waals surface area contributed by atoms with Crippen molar-refractivity contribution >= 4 is 52.2 Å². The van der Waals surface area contributed by atoms with Crippen LogP contribution in [0.5, 0.6) is 0 Å². The van der Waals surface area contributed by atoms with Crippen LogP contribution in [0.25, 0.3) is 10.9 Å². The molecule has 2 aromatic heterocycles. The Morgan fingerprint density at radius 1 is 1.09 bits per heavy atom. The average Bonchev–Trinajstić information content (AvgIpc) is 2.79. The molecule has 1 N–H and O–H groups in total. The van der Waals surface area contributed by atoms with Gasteiger partial charge in [-0.1, -0.05) is 35.3 Å². The monoisotopic (exact) mass is 484 g/mol. The van der Waals surface area contributed by atoms with Gasteiger partial charge in [-0.25, -0.2) is 0 Å². The number of carbonyl (C=O) groups is 1. The van der Waals surface area contributed by atoms with Gasteiger partial charge < -0.3 is 9.88 Å². The zero-order valence-corrected chi connectivity index (χ0v) is 19.3. The predicted molar refractivity (Wildman–Crippen MR) is 129 cm³/mol. The fourth-order valence-electron chi connectivity index (χ4n) is 3.37. The Labute approximate surface area is 199 Å². The van der Waals surface area contributed by atoms with Gasteiger partial charge in [-0.15, -0.1) is 0 Å². The van der Waals surface area contributed by atoms with Crippen LogP contribution in [0.1, 0.15) is 21.6 Å². The topological polar surface area (TPSA) is 71.0 Å². The molecular weight excluding hydrogens is 467 g/mol. The van der Waals surface area contributed by atoms with Gasteiger partial charge in [0.05, 0.1) is 33.2 Å². The average molecular weight is 485 g/mol. The molecule has 9 heteroatoms. The van der Waals surface area contributed by atoms with Crippen molar-refractivity contribution in [2.45, 2.75) is 13.1 Å². The second-order valence-corrected chi connectivity index (χ2v) is 8.49. The van der Waals surface area contributed by atoms with Crippen molar-refractivity contribution < 1.29 is 4.79 Å². The zero-order valence-electron chi connectivity index (χ0n) is 17.0. The van der Waals surface area contributed by atoms with Crippen molar-refractivity contribution in [3.63, 3.8) is 0 Å². The van der Waals surface area contributed by atoms with E-state index in [0.717, 1.165) is 11.3 Å². The van der Waals surface area contributed by atoms with E-state index >= 15 is 0 Å². The van der Waals surface area contributed by atoms with Crippen LogP contribution in [-0.2, 0) is 20.1 Å². The molecule has 0 aliphatic heterocycles. The maximum atomic E-state index is 13.5. The molecule has 0 spiro atoms. The van der Waals surface area contributed by atoms with E-state index in [1.807, 2.05) is 24.3 Å². The minimum Gasteiger partial charge on any atom is -0.332 e. The van der Waals surface area contributed by atoms with Crippen molar-refractivity contribution in [3.8, 4) is 0 Å². The van der Waals surface area contributed by atoms with E-state index in [4.69, 9.17) is 35.4 Å². The number of fused-ring (bicyclic) bond motifs is 1. The summed E-state index contributed by atoms with van der Waals surface area (Å²) in [6, 6.07) is 15.7. The highest BCUT2D eigenvalue weighted by molar-refractivity contribution is 7.71. The molecule has 0 unspecified atom stereocenters. The Balaban J connectivity index is 1.73. The molecule has 0 saturated carbocycles. The molecule has 0 aliphatic rings. The number of amides is 1. The van der Waals surface area contributed by atoms with Crippen molar-refractivity contribution in [1.82, 2.24) is 19.4 Å². The van der Waals surface area contributed by atoms with Gasteiger partial charge in [0, 0.05) is 25.4 Å². The highest BCUT2D eigenvalue weighted by Crippen LogP contribution is 2.24. The number of aromatic amines is 1. The van der Waals surface area contributed by atoms with Crippen LogP contribution in [0, 0.1) is 4.77 Å². The van der Waals surface area contributed by atoms with Crippen LogP contribution in [0.3, 0.4) is 0 Å². The van der Waals surface area contributed by atoms with Gasteiger partial charge in [-0.2, -0.15) is 0 Å². The summed E-state index contributed by atoms with van der Waals surface area (Å²) in [5.41, 5.74) is 2.29. The zero-order chi connectivity index (χ0) is 22.8. The molecule has 4 aromatic rings. The van der Waals surface area contributed by atoms with E-state index in [1.165, 1.54) is 4.57 Å². The third-order valence-corrected chi connectivity index (χ3v) is 6.19. The lowest BCUT2D eigenvalue weighted by atomic mass is 10.1. The number of hydrogen-bond donors (Lipinski definition) is 1. The minimum atomic E-state index is -0.219. The van der Waals surface area contributed by atoms with Gasteiger partial charge in [0.25, 0.3) is 11.5 Å². The Hall–Kier alpha value is -3.00. The van der Waals surface area contributed by atoms with Crippen molar-refractivity contribution in [2.75, 3.05) is 0 Å². The van der Waals surface area contributed by atoms with Crippen LogP contribution < -0.4 is 5.56 Å². The Bertz CT molecular complexity index is 1430. The number of rotatable bonds is 5. The number of H-pyrrole nitrogens is 1. The summed E-state index contributed by atoms with van der Waals surface area (Å²) in [6.45, 7) is 0.599. The molecule has 32 heavy (non-hydrogen) atoms. The number of pyridine rings is 1. The summed E-state index contributed by atoms with van der Waals surface area (Å²) in [6.07, 6.45) is 1.68. The van der Waals surface area contributed by atoms with Crippen LogP contribution in [0.2, 0.25) is 10.0 Å². The van der Waals surface area contributed by atoms with E-state index in [2.05, 4.69) is 9.97 Å². The number of nitrogens with zero attached hydrogens (tertiary/aromatic N) is 3. The molecule has 0 saturated heterocycles. The summed E-state index contributed by atoms with van der Waals surface area (Å²) in [5, 5.41) is 1.33. The van der Waals surface area contributed by atoms with Crippen LogP contribution in [-0.4, -0.2) is 25.3 Å². The van der Waals surface area contributed by atoms with Crippen LogP contribution in [0.15, 0.2) is 65.6 Å². The fraction of sp³-hybridized carbons (Fsp3) is 0.130. The number of hydrogen-bond acceptors (Lipinski definition) is 4. The smallest absolute Gasteiger partial charge is 0.261 e. The molecule has 0 atom stereocenters. The highest BCUT2D eigenvalue weighted by Gasteiger charge is 2.19. The molecule has 0 aliphatic carbocycles. The first-order valence-corrected chi connectivity index (χ1v) is 10.9. The molecular formula is C23H18Cl2N4O2S. The predicted octanol–water partition coefficient (Wildman–Crippen LogP) is 5.14. The van der Waals surface area contributed by atoms with Crippen LogP contribution >= 0.6 is 35.4 Å². The quantitative estimate of drug-likeness (QED) is 0.398. The van der Waals surface area contributed by atoms with E-state index in [9.17, 15) is 9.59 Å². The van der Waals surface area contributed by atoms with Crippen molar-refractivity contribution in [1.29, 1.82) is 0 Å². The Morgan fingerprint density at radius 2 is 1.91 bits per heavy atom. The molecule has 0 radical (unpaired) electrons. The largest absolute Gasteiger partial charge is 0.332 e. The van der Waals surface area contributed by atoms with Gasteiger partial charge in [-0.3, -0.25) is 19.1 Å². The first kappa shape index (κ1) is 22.2. The Kier molecular flexibility index (Phi) is 6.41. The summed E-state index contributed by atoms with van der Waals surface area (Å²) < 4.78 is 1.64. The number of benzene rings is 2. The number of nitrogens with one attached hydrogen (secondary N) is 1. The van der Waals surface area contributed by atoms with E-state index in [-0.39, 0.29) is 16.2 Å². The molecule has 0 fully saturated rings. The second kappa shape index (κ2) is 9.24. The lowest BCUT2D eigenvalue weighted by Crippen LogP contribution is -2.30.